The molecule has 4 nitrogen and oxygen atoms in total. The van der Waals surface area contributed by atoms with Gasteiger partial charge in [0.05, 0.1) is 6.54 Å². The highest BCUT2D eigenvalue weighted by molar-refractivity contribution is 9.10. The summed E-state index contributed by atoms with van der Waals surface area (Å²) in [5.74, 6) is 0.811. The van der Waals surface area contributed by atoms with E-state index in [0.29, 0.717) is 13.2 Å². The van der Waals surface area contributed by atoms with E-state index in [-0.39, 0.29) is 6.03 Å². The number of urea groups is 1. The molecule has 0 bridgehead atoms. The molecule has 0 aromatic heterocycles. The molecule has 2 rings (SSSR count). The summed E-state index contributed by atoms with van der Waals surface area (Å²) < 4.78 is 6.57. The molecule has 2 aromatic carbocycles. The van der Waals surface area contributed by atoms with Gasteiger partial charge in [-0.25, -0.2) is 4.79 Å². The normalized spacial score (nSPS) is 10.1. The topological polar surface area (TPSA) is 50.4 Å². The van der Waals surface area contributed by atoms with Crippen molar-refractivity contribution < 1.29 is 9.53 Å². The number of aryl methyl sites for hydroxylation is 2. The lowest BCUT2D eigenvalue weighted by Crippen LogP contribution is -2.32. The van der Waals surface area contributed by atoms with E-state index in [1.807, 2.05) is 56.3 Å². The van der Waals surface area contributed by atoms with Crippen molar-refractivity contribution >= 4 is 27.6 Å². The highest BCUT2D eigenvalue weighted by Gasteiger charge is 2.04. The van der Waals surface area contributed by atoms with Gasteiger partial charge >= 0.3 is 6.03 Å². The van der Waals surface area contributed by atoms with Crippen LogP contribution in [0.2, 0.25) is 0 Å². The van der Waals surface area contributed by atoms with Gasteiger partial charge in [-0.05, 0) is 55.3 Å². The van der Waals surface area contributed by atoms with E-state index in [9.17, 15) is 4.79 Å². The highest BCUT2D eigenvalue weighted by Crippen LogP contribution is 2.19. The number of ether oxygens (including phenoxy) is 1. The predicted octanol–water partition coefficient (Wildman–Crippen LogP) is 4.27. The van der Waals surface area contributed by atoms with Gasteiger partial charge in [0.25, 0.3) is 0 Å². The van der Waals surface area contributed by atoms with Crippen LogP contribution in [0.4, 0.5) is 10.5 Å². The first kappa shape index (κ1) is 16.4. The van der Waals surface area contributed by atoms with Crippen LogP contribution in [0.3, 0.4) is 0 Å². The molecule has 2 N–H and O–H groups in total. The van der Waals surface area contributed by atoms with Crippen LogP contribution in [0, 0.1) is 13.8 Å². The summed E-state index contributed by atoms with van der Waals surface area (Å²) in [6.07, 6.45) is 0. The lowest BCUT2D eigenvalue weighted by molar-refractivity contribution is 0.247. The molecule has 0 atom stereocenters. The Labute approximate surface area is 139 Å². The number of amides is 2. The lowest BCUT2D eigenvalue weighted by atomic mass is 10.2. The smallest absolute Gasteiger partial charge is 0.319 e. The van der Waals surface area contributed by atoms with Crippen molar-refractivity contribution in [3.05, 3.63) is 58.1 Å². The summed E-state index contributed by atoms with van der Waals surface area (Å²) in [6.45, 7) is 4.83. The van der Waals surface area contributed by atoms with Gasteiger partial charge in [0.1, 0.15) is 12.4 Å². The van der Waals surface area contributed by atoms with Crippen LogP contribution in [-0.2, 0) is 0 Å². The molecule has 0 saturated carbocycles. The van der Waals surface area contributed by atoms with Crippen LogP contribution < -0.4 is 15.4 Å². The first-order chi connectivity index (χ1) is 10.5. The third-order valence-electron chi connectivity index (χ3n) is 3.08. The Morgan fingerprint density at radius 1 is 1.18 bits per heavy atom. The maximum atomic E-state index is 11.8. The number of hydrogen-bond acceptors (Lipinski definition) is 2. The third-order valence-corrected chi connectivity index (χ3v) is 3.58. The van der Waals surface area contributed by atoms with Gasteiger partial charge in [-0.2, -0.15) is 0 Å². The minimum Gasteiger partial charge on any atom is -0.492 e. The van der Waals surface area contributed by atoms with Gasteiger partial charge in [0, 0.05) is 10.2 Å². The summed E-state index contributed by atoms with van der Waals surface area (Å²) in [6, 6.07) is 13.3. The van der Waals surface area contributed by atoms with Gasteiger partial charge in [0.2, 0.25) is 0 Å². The van der Waals surface area contributed by atoms with E-state index in [0.717, 1.165) is 27.0 Å². The highest BCUT2D eigenvalue weighted by atomic mass is 79.9. The molecule has 0 spiro atoms. The first-order valence-electron chi connectivity index (χ1n) is 7.05. The molecule has 0 fully saturated rings. The van der Waals surface area contributed by atoms with Crippen molar-refractivity contribution in [1.82, 2.24) is 5.32 Å². The number of halogens is 1. The predicted molar refractivity (Wildman–Crippen MR) is 92.6 cm³/mol. The number of carbonyl (C=O) groups is 1. The van der Waals surface area contributed by atoms with Crippen LogP contribution in [0.1, 0.15) is 11.1 Å². The molecular weight excluding hydrogens is 344 g/mol. The van der Waals surface area contributed by atoms with E-state index in [4.69, 9.17) is 4.74 Å². The van der Waals surface area contributed by atoms with Gasteiger partial charge in [0.15, 0.2) is 0 Å². The van der Waals surface area contributed by atoms with E-state index in [1.54, 1.807) is 0 Å². The van der Waals surface area contributed by atoms with Crippen molar-refractivity contribution in [2.45, 2.75) is 13.8 Å². The largest absolute Gasteiger partial charge is 0.492 e. The number of benzene rings is 2. The Kier molecular flexibility index (Phi) is 5.83. The fraction of sp³-hybridized carbons (Fsp3) is 0.235. The van der Waals surface area contributed by atoms with Crippen LogP contribution in [0.15, 0.2) is 46.9 Å². The van der Waals surface area contributed by atoms with Crippen LogP contribution in [-0.4, -0.2) is 19.2 Å². The van der Waals surface area contributed by atoms with E-state index in [2.05, 4.69) is 26.6 Å². The summed E-state index contributed by atoms with van der Waals surface area (Å²) in [5.41, 5.74) is 2.94. The van der Waals surface area contributed by atoms with E-state index < -0.39 is 0 Å². The van der Waals surface area contributed by atoms with Gasteiger partial charge in [-0.1, -0.05) is 28.1 Å². The zero-order chi connectivity index (χ0) is 15.9. The Morgan fingerprint density at radius 3 is 2.73 bits per heavy atom. The first-order valence-corrected chi connectivity index (χ1v) is 7.84. The van der Waals surface area contributed by atoms with Crippen LogP contribution in [0.25, 0.3) is 0 Å². The van der Waals surface area contributed by atoms with E-state index >= 15 is 0 Å². The molecule has 116 valence electrons. The number of hydrogen-bond donors (Lipinski definition) is 2. The van der Waals surface area contributed by atoms with Gasteiger partial charge < -0.3 is 15.4 Å². The lowest BCUT2D eigenvalue weighted by Gasteiger charge is -2.11. The number of carbonyl (C=O) groups excluding carboxylic acids is 1. The molecule has 0 aliphatic rings. The Hall–Kier alpha value is -2.01. The Balaban J connectivity index is 1.74. The maximum Gasteiger partial charge on any atom is 0.319 e. The van der Waals surface area contributed by atoms with Crippen LogP contribution in [0.5, 0.6) is 5.75 Å². The summed E-state index contributed by atoms with van der Waals surface area (Å²) in [5, 5.41) is 5.59. The third kappa shape index (κ3) is 5.07. The average molecular weight is 363 g/mol. The molecule has 0 radical (unpaired) electrons. The molecule has 0 saturated heterocycles. The minimum atomic E-state index is -0.238. The van der Waals surface area contributed by atoms with Crippen molar-refractivity contribution in [3.8, 4) is 5.75 Å². The summed E-state index contributed by atoms with van der Waals surface area (Å²) in [4.78, 5) is 11.8. The van der Waals surface area contributed by atoms with Gasteiger partial charge in [-0.15, -0.1) is 0 Å². The molecule has 2 amide bonds. The number of nitrogens with one attached hydrogen (secondary N) is 2. The van der Waals surface area contributed by atoms with Crippen molar-refractivity contribution in [1.29, 1.82) is 0 Å². The standard InChI is InChI=1S/C17H19BrN2O2/c1-12-4-3-5-15(10-12)22-9-8-19-17(21)20-16-7-6-14(18)11-13(16)2/h3-7,10-11H,8-9H2,1-2H3,(H2,19,20,21). The molecule has 0 heterocycles. The molecule has 5 heteroatoms. The Bertz CT molecular complexity index is 659. The molecule has 0 unspecified atom stereocenters. The monoisotopic (exact) mass is 362 g/mol. The SMILES string of the molecule is Cc1cccc(OCCNC(=O)Nc2ccc(Br)cc2C)c1. The fourth-order valence-corrected chi connectivity index (χ4v) is 2.45. The zero-order valence-corrected chi connectivity index (χ0v) is 14.2. The summed E-state index contributed by atoms with van der Waals surface area (Å²) in [7, 11) is 0. The number of anilines is 1. The van der Waals surface area contributed by atoms with Gasteiger partial charge in [-0.3, -0.25) is 0 Å². The second-order valence-electron chi connectivity index (χ2n) is 5.01. The number of rotatable bonds is 5. The van der Waals surface area contributed by atoms with Crippen molar-refractivity contribution in [2.75, 3.05) is 18.5 Å². The average Bonchev–Trinajstić information content (AvgIpc) is 2.47. The second-order valence-corrected chi connectivity index (χ2v) is 5.92. The zero-order valence-electron chi connectivity index (χ0n) is 12.7. The van der Waals surface area contributed by atoms with Crippen molar-refractivity contribution in [2.24, 2.45) is 0 Å². The van der Waals surface area contributed by atoms with Crippen LogP contribution >= 0.6 is 15.9 Å². The molecule has 0 aliphatic heterocycles. The molecule has 22 heavy (non-hydrogen) atoms. The van der Waals surface area contributed by atoms with Crippen molar-refractivity contribution in [3.63, 3.8) is 0 Å². The quantitative estimate of drug-likeness (QED) is 0.780. The van der Waals surface area contributed by atoms with E-state index in [1.165, 1.54) is 0 Å². The minimum absolute atomic E-state index is 0.238. The molecule has 0 aliphatic carbocycles. The molecular formula is C17H19BrN2O2. The second kappa shape index (κ2) is 7.84. The Morgan fingerprint density at radius 2 is 2.00 bits per heavy atom. The summed E-state index contributed by atoms with van der Waals surface area (Å²) >= 11 is 3.40. The maximum absolute atomic E-state index is 11.8. The molecule has 2 aromatic rings. The fourth-order valence-electron chi connectivity index (χ4n) is 1.97.